The third-order valence-electron chi connectivity index (χ3n) is 4.04. The maximum atomic E-state index is 12.2. The topological polar surface area (TPSA) is 67.9 Å². The smallest absolute Gasteiger partial charge is 0.410 e. The summed E-state index contributed by atoms with van der Waals surface area (Å²) in [5.74, 6) is -0.334. The van der Waals surface area contributed by atoms with Crippen LogP contribution in [-0.2, 0) is 16.0 Å². The van der Waals surface area contributed by atoms with E-state index in [9.17, 15) is 9.59 Å². The van der Waals surface area contributed by atoms with E-state index in [1.54, 1.807) is 17.0 Å². The summed E-state index contributed by atoms with van der Waals surface area (Å²) in [4.78, 5) is 25.4. The van der Waals surface area contributed by atoms with Gasteiger partial charge in [0, 0.05) is 25.7 Å². The quantitative estimate of drug-likeness (QED) is 0.847. The molecule has 1 atom stereocenters. The number of carbonyl (C=O) groups excluding carboxylic acids is 2. The molecule has 0 saturated carbocycles. The van der Waals surface area contributed by atoms with Gasteiger partial charge in [0.25, 0.3) is 0 Å². The van der Waals surface area contributed by atoms with Crippen LogP contribution in [0.25, 0.3) is 0 Å². The molecule has 0 radical (unpaired) electrons. The SMILES string of the molecule is COC(=O)c1ccc(CNC2CCCN(C(=O)OC(C)(C)C)C2)cc1. The summed E-state index contributed by atoms with van der Waals surface area (Å²) in [6.45, 7) is 7.71. The van der Waals surface area contributed by atoms with Gasteiger partial charge in [-0.2, -0.15) is 0 Å². The first-order chi connectivity index (χ1) is 11.8. The van der Waals surface area contributed by atoms with E-state index in [4.69, 9.17) is 9.47 Å². The van der Waals surface area contributed by atoms with Gasteiger partial charge in [-0.1, -0.05) is 12.1 Å². The molecular formula is C19H28N2O4. The number of hydrogen-bond donors (Lipinski definition) is 1. The van der Waals surface area contributed by atoms with Crippen LogP contribution in [-0.4, -0.2) is 48.8 Å². The lowest BCUT2D eigenvalue weighted by Crippen LogP contribution is -2.49. The Labute approximate surface area is 149 Å². The van der Waals surface area contributed by atoms with Gasteiger partial charge >= 0.3 is 12.1 Å². The van der Waals surface area contributed by atoms with Crippen LogP contribution in [0.1, 0.15) is 49.5 Å². The molecular weight excluding hydrogens is 320 g/mol. The summed E-state index contributed by atoms with van der Waals surface area (Å²) in [5, 5.41) is 3.48. The number of hydrogen-bond acceptors (Lipinski definition) is 5. The van der Waals surface area contributed by atoms with Crippen LogP contribution in [0, 0.1) is 0 Å². The molecule has 2 rings (SSSR count). The van der Waals surface area contributed by atoms with Gasteiger partial charge in [-0.15, -0.1) is 0 Å². The van der Waals surface area contributed by atoms with Crippen LogP contribution in [0.15, 0.2) is 24.3 Å². The number of benzene rings is 1. The molecule has 0 spiro atoms. The molecule has 1 aromatic rings. The molecule has 1 aliphatic rings. The Morgan fingerprint density at radius 2 is 1.92 bits per heavy atom. The zero-order chi connectivity index (χ0) is 18.4. The monoisotopic (exact) mass is 348 g/mol. The van der Waals surface area contributed by atoms with E-state index in [1.165, 1.54) is 7.11 Å². The number of likely N-dealkylation sites (tertiary alicyclic amines) is 1. The second-order valence-electron chi connectivity index (χ2n) is 7.33. The molecule has 1 N–H and O–H groups in total. The van der Waals surface area contributed by atoms with Crippen molar-refractivity contribution in [1.29, 1.82) is 0 Å². The van der Waals surface area contributed by atoms with Gasteiger partial charge < -0.3 is 19.7 Å². The molecule has 6 nitrogen and oxygen atoms in total. The van der Waals surface area contributed by atoms with Crippen LogP contribution >= 0.6 is 0 Å². The van der Waals surface area contributed by atoms with Gasteiger partial charge in [-0.05, 0) is 51.3 Å². The Kier molecular flexibility index (Phi) is 6.42. The number of esters is 1. The Morgan fingerprint density at radius 3 is 2.52 bits per heavy atom. The van der Waals surface area contributed by atoms with E-state index < -0.39 is 5.60 Å². The third-order valence-corrected chi connectivity index (χ3v) is 4.04. The van der Waals surface area contributed by atoms with Gasteiger partial charge in [0.1, 0.15) is 5.60 Å². The predicted molar refractivity (Wildman–Crippen MR) is 95.5 cm³/mol. The third kappa shape index (κ3) is 6.05. The lowest BCUT2D eigenvalue weighted by Gasteiger charge is -2.34. The summed E-state index contributed by atoms with van der Waals surface area (Å²) < 4.78 is 10.1. The summed E-state index contributed by atoms with van der Waals surface area (Å²) in [6.07, 6.45) is 1.74. The Morgan fingerprint density at radius 1 is 1.24 bits per heavy atom. The first-order valence-electron chi connectivity index (χ1n) is 8.67. The molecule has 1 fully saturated rings. The number of ether oxygens (including phenoxy) is 2. The Balaban J connectivity index is 1.84. The molecule has 138 valence electrons. The maximum absolute atomic E-state index is 12.2. The number of amides is 1. The van der Waals surface area contributed by atoms with Crippen LogP contribution in [0.4, 0.5) is 4.79 Å². The molecule has 1 aliphatic heterocycles. The molecule has 1 amide bonds. The molecule has 6 heteroatoms. The van der Waals surface area contributed by atoms with Crippen molar-refractivity contribution in [2.45, 2.75) is 51.8 Å². The van der Waals surface area contributed by atoms with Gasteiger partial charge in [-0.3, -0.25) is 0 Å². The second kappa shape index (κ2) is 8.34. The maximum Gasteiger partial charge on any atom is 0.410 e. The number of methoxy groups -OCH3 is 1. The molecule has 0 aliphatic carbocycles. The summed E-state index contributed by atoms with van der Waals surface area (Å²) >= 11 is 0. The van der Waals surface area contributed by atoms with Crippen molar-refractivity contribution in [3.63, 3.8) is 0 Å². The minimum absolute atomic E-state index is 0.238. The van der Waals surface area contributed by atoms with Gasteiger partial charge in [0.05, 0.1) is 12.7 Å². The summed E-state index contributed by atoms with van der Waals surface area (Å²) in [6, 6.07) is 7.58. The normalized spacial score (nSPS) is 17.9. The van der Waals surface area contributed by atoms with E-state index in [2.05, 4.69) is 5.32 Å². The van der Waals surface area contributed by atoms with Crippen molar-refractivity contribution in [1.82, 2.24) is 10.2 Å². The van der Waals surface area contributed by atoms with Crippen LogP contribution in [0.3, 0.4) is 0 Å². The lowest BCUT2D eigenvalue weighted by molar-refractivity contribution is 0.0187. The highest BCUT2D eigenvalue weighted by molar-refractivity contribution is 5.89. The number of piperidine rings is 1. The summed E-state index contributed by atoms with van der Waals surface area (Å²) in [5.41, 5.74) is 1.15. The fraction of sp³-hybridized carbons (Fsp3) is 0.579. The minimum Gasteiger partial charge on any atom is -0.465 e. The Bertz CT molecular complexity index is 592. The highest BCUT2D eigenvalue weighted by Gasteiger charge is 2.27. The highest BCUT2D eigenvalue weighted by Crippen LogP contribution is 2.16. The first-order valence-corrected chi connectivity index (χ1v) is 8.67. The molecule has 1 unspecified atom stereocenters. The van der Waals surface area contributed by atoms with Crippen molar-refractivity contribution in [3.8, 4) is 0 Å². The average molecular weight is 348 g/mol. The van der Waals surface area contributed by atoms with E-state index in [0.717, 1.165) is 24.9 Å². The number of nitrogens with one attached hydrogen (secondary N) is 1. The van der Waals surface area contributed by atoms with E-state index in [0.29, 0.717) is 18.7 Å². The minimum atomic E-state index is -0.473. The van der Waals surface area contributed by atoms with E-state index in [-0.39, 0.29) is 18.1 Å². The van der Waals surface area contributed by atoms with Gasteiger partial charge in [0.15, 0.2) is 0 Å². The average Bonchev–Trinajstić information content (AvgIpc) is 2.58. The molecule has 0 aromatic heterocycles. The fourth-order valence-electron chi connectivity index (χ4n) is 2.77. The van der Waals surface area contributed by atoms with Crippen molar-refractivity contribution in [3.05, 3.63) is 35.4 Å². The zero-order valence-electron chi connectivity index (χ0n) is 15.5. The van der Waals surface area contributed by atoms with Crippen LogP contribution < -0.4 is 5.32 Å². The molecule has 0 bridgehead atoms. The standard InChI is InChI=1S/C19H28N2O4/c1-19(2,3)25-18(23)21-11-5-6-16(13-21)20-12-14-7-9-15(10-8-14)17(22)24-4/h7-10,16,20H,5-6,11-13H2,1-4H3. The van der Waals surface area contributed by atoms with E-state index in [1.807, 2.05) is 32.9 Å². The second-order valence-corrected chi connectivity index (χ2v) is 7.33. The fourth-order valence-corrected chi connectivity index (χ4v) is 2.77. The van der Waals surface area contributed by atoms with Crippen LogP contribution in [0.2, 0.25) is 0 Å². The highest BCUT2D eigenvalue weighted by atomic mass is 16.6. The zero-order valence-corrected chi connectivity index (χ0v) is 15.5. The number of rotatable bonds is 4. The largest absolute Gasteiger partial charge is 0.465 e. The molecule has 1 saturated heterocycles. The van der Waals surface area contributed by atoms with Crippen molar-refractivity contribution in [2.75, 3.05) is 20.2 Å². The van der Waals surface area contributed by atoms with Crippen molar-refractivity contribution in [2.24, 2.45) is 0 Å². The number of carbonyl (C=O) groups is 2. The summed E-state index contributed by atoms with van der Waals surface area (Å²) in [7, 11) is 1.37. The van der Waals surface area contributed by atoms with E-state index >= 15 is 0 Å². The predicted octanol–water partition coefficient (Wildman–Crippen LogP) is 2.96. The van der Waals surface area contributed by atoms with Gasteiger partial charge in [-0.25, -0.2) is 9.59 Å². The molecule has 1 heterocycles. The molecule has 1 aromatic carbocycles. The van der Waals surface area contributed by atoms with Crippen molar-refractivity contribution < 1.29 is 19.1 Å². The van der Waals surface area contributed by atoms with Gasteiger partial charge in [0.2, 0.25) is 0 Å². The Hall–Kier alpha value is -2.08. The number of nitrogens with zero attached hydrogens (tertiary/aromatic N) is 1. The lowest BCUT2D eigenvalue weighted by atomic mass is 10.1. The molecule has 25 heavy (non-hydrogen) atoms. The van der Waals surface area contributed by atoms with Crippen molar-refractivity contribution >= 4 is 12.1 Å². The first kappa shape index (κ1) is 19.2. The van der Waals surface area contributed by atoms with Crippen LogP contribution in [0.5, 0.6) is 0 Å².